The van der Waals surface area contributed by atoms with Crippen LogP contribution in [0.5, 0.6) is 0 Å². The highest BCUT2D eigenvalue weighted by Gasteiger charge is 2.28. The number of rotatable bonds is 2. The lowest BCUT2D eigenvalue weighted by atomic mass is 10.0. The quantitative estimate of drug-likeness (QED) is 0.745. The Bertz CT molecular complexity index is 899. The highest BCUT2D eigenvalue weighted by atomic mass is 79.9. The zero-order chi connectivity index (χ0) is 19.2. The summed E-state index contributed by atoms with van der Waals surface area (Å²) in [6, 6.07) is 3.65. The van der Waals surface area contributed by atoms with Gasteiger partial charge in [0.1, 0.15) is 0 Å². The van der Waals surface area contributed by atoms with Crippen molar-refractivity contribution in [1.82, 2.24) is 14.0 Å². The first kappa shape index (κ1) is 19.2. The number of ether oxygens (including phenoxy) is 1. The van der Waals surface area contributed by atoms with Gasteiger partial charge < -0.3 is 9.64 Å². The van der Waals surface area contributed by atoms with E-state index in [4.69, 9.17) is 4.74 Å². The predicted molar refractivity (Wildman–Crippen MR) is 106 cm³/mol. The van der Waals surface area contributed by atoms with Crippen molar-refractivity contribution < 1.29 is 9.53 Å². The van der Waals surface area contributed by atoms with Gasteiger partial charge in [-0.2, -0.15) is 0 Å². The number of piperidine rings is 1. The molecule has 1 aromatic carbocycles. The summed E-state index contributed by atoms with van der Waals surface area (Å²) in [5, 5.41) is 0. The Hall–Kier alpha value is -1.60. The van der Waals surface area contributed by atoms with Crippen LogP contribution in [0.25, 0.3) is 11.0 Å². The molecule has 0 radical (unpaired) electrons. The van der Waals surface area contributed by atoms with Gasteiger partial charge in [0.2, 0.25) is 0 Å². The summed E-state index contributed by atoms with van der Waals surface area (Å²) in [5.74, 6) is -0.00992. The number of carbonyl (C=O) groups excluding carboxylic acids is 1. The Balaban J connectivity index is 1.82. The van der Waals surface area contributed by atoms with Crippen LogP contribution in [-0.4, -0.2) is 44.7 Å². The Morgan fingerprint density at radius 1 is 1.12 bits per heavy atom. The van der Waals surface area contributed by atoms with Gasteiger partial charge in [-0.15, -0.1) is 0 Å². The van der Waals surface area contributed by atoms with E-state index in [0.29, 0.717) is 23.1 Å². The fraction of sp³-hybridized carbons (Fsp3) is 0.579. The summed E-state index contributed by atoms with van der Waals surface area (Å²) in [7, 11) is 3.46. The van der Waals surface area contributed by atoms with Crippen LogP contribution < -0.4 is 5.69 Å². The summed E-state index contributed by atoms with van der Waals surface area (Å²) in [6.07, 6.45) is 1.87. The van der Waals surface area contributed by atoms with E-state index >= 15 is 0 Å². The Morgan fingerprint density at radius 3 is 2.19 bits per heavy atom. The molecule has 0 atom stereocenters. The Morgan fingerprint density at radius 2 is 1.65 bits per heavy atom. The van der Waals surface area contributed by atoms with E-state index < -0.39 is 0 Å². The molecule has 0 N–H and O–H groups in total. The van der Waals surface area contributed by atoms with Crippen molar-refractivity contribution in [2.45, 2.75) is 45.3 Å². The third-order valence-electron chi connectivity index (χ3n) is 4.84. The Kier molecular flexibility index (Phi) is 5.05. The highest BCUT2D eigenvalue weighted by molar-refractivity contribution is 9.10. The van der Waals surface area contributed by atoms with Crippen LogP contribution in [0.3, 0.4) is 0 Å². The maximum absolute atomic E-state index is 13.0. The molecule has 0 bridgehead atoms. The Labute approximate surface area is 161 Å². The van der Waals surface area contributed by atoms with Gasteiger partial charge >= 0.3 is 5.69 Å². The summed E-state index contributed by atoms with van der Waals surface area (Å²) in [4.78, 5) is 27.0. The molecule has 7 heteroatoms. The van der Waals surface area contributed by atoms with Gasteiger partial charge in [0.25, 0.3) is 5.91 Å². The molecule has 0 unspecified atom stereocenters. The molecule has 26 heavy (non-hydrogen) atoms. The largest absolute Gasteiger partial charge is 0.372 e. The van der Waals surface area contributed by atoms with Crippen molar-refractivity contribution in [2.75, 3.05) is 13.1 Å². The van der Waals surface area contributed by atoms with Crippen molar-refractivity contribution in [2.24, 2.45) is 14.1 Å². The van der Waals surface area contributed by atoms with Gasteiger partial charge in [-0.1, -0.05) is 0 Å². The summed E-state index contributed by atoms with van der Waals surface area (Å²) in [5.41, 5.74) is 1.89. The van der Waals surface area contributed by atoms with Crippen molar-refractivity contribution in [1.29, 1.82) is 0 Å². The number of carbonyl (C=O) groups is 1. The first-order valence-electron chi connectivity index (χ1n) is 8.90. The maximum Gasteiger partial charge on any atom is 0.328 e. The maximum atomic E-state index is 13.0. The van der Waals surface area contributed by atoms with Gasteiger partial charge in [0, 0.05) is 31.7 Å². The summed E-state index contributed by atoms with van der Waals surface area (Å²) >= 11 is 3.51. The highest BCUT2D eigenvalue weighted by Crippen LogP contribution is 2.27. The van der Waals surface area contributed by atoms with Crippen LogP contribution in [0, 0.1) is 0 Å². The number of amides is 1. The number of fused-ring (bicyclic) bond motifs is 1. The minimum Gasteiger partial charge on any atom is -0.372 e. The molecular weight excluding hydrogens is 398 g/mol. The fourth-order valence-corrected chi connectivity index (χ4v) is 4.03. The van der Waals surface area contributed by atoms with Crippen LogP contribution in [0.15, 0.2) is 21.4 Å². The lowest BCUT2D eigenvalue weighted by molar-refractivity contribution is -0.0791. The first-order chi connectivity index (χ1) is 12.1. The molecule has 1 saturated heterocycles. The van der Waals surface area contributed by atoms with Crippen LogP contribution in [-0.2, 0) is 18.8 Å². The summed E-state index contributed by atoms with van der Waals surface area (Å²) in [6.45, 7) is 7.53. The van der Waals surface area contributed by atoms with Crippen molar-refractivity contribution >= 4 is 32.9 Å². The van der Waals surface area contributed by atoms with Crippen LogP contribution in [0.1, 0.15) is 44.0 Å². The molecule has 1 aromatic heterocycles. The van der Waals surface area contributed by atoms with Crippen LogP contribution in [0.2, 0.25) is 0 Å². The fourth-order valence-electron chi connectivity index (χ4n) is 3.53. The van der Waals surface area contributed by atoms with E-state index in [0.717, 1.165) is 23.9 Å². The van der Waals surface area contributed by atoms with Gasteiger partial charge in [-0.25, -0.2) is 4.79 Å². The first-order valence-corrected chi connectivity index (χ1v) is 9.70. The number of aryl methyl sites for hydroxylation is 2. The smallest absolute Gasteiger partial charge is 0.328 e. The topological polar surface area (TPSA) is 56.5 Å². The molecule has 1 aliphatic rings. The average Bonchev–Trinajstić information content (AvgIpc) is 2.77. The van der Waals surface area contributed by atoms with E-state index in [2.05, 4.69) is 36.7 Å². The van der Waals surface area contributed by atoms with Crippen LogP contribution >= 0.6 is 15.9 Å². The third-order valence-corrected chi connectivity index (χ3v) is 5.50. The number of hydrogen-bond acceptors (Lipinski definition) is 3. The molecule has 0 aliphatic carbocycles. The minimum absolute atomic E-state index is 0.00992. The molecular formula is C19H26BrN3O3. The number of imidazole rings is 1. The van der Waals surface area contributed by atoms with E-state index in [9.17, 15) is 9.59 Å². The second-order valence-electron chi connectivity index (χ2n) is 7.94. The second kappa shape index (κ2) is 6.85. The van der Waals surface area contributed by atoms with E-state index in [1.807, 2.05) is 11.0 Å². The zero-order valence-corrected chi connectivity index (χ0v) is 17.6. The third kappa shape index (κ3) is 3.60. The minimum atomic E-state index is -0.164. The number of nitrogens with zero attached hydrogens (tertiary/aromatic N) is 3. The summed E-state index contributed by atoms with van der Waals surface area (Å²) < 4.78 is 9.91. The molecule has 3 rings (SSSR count). The van der Waals surface area contributed by atoms with Gasteiger partial charge in [0.15, 0.2) is 0 Å². The number of likely N-dealkylation sites (tertiary alicyclic amines) is 1. The SMILES string of the molecule is Cn1c(=O)n(C)c2cc(C(=O)N3CCC(OC(C)(C)C)CC3)c(Br)cc21. The molecule has 1 aliphatic heterocycles. The predicted octanol–water partition coefficient (Wildman–Crippen LogP) is 3.06. The normalized spacial score (nSPS) is 16.5. The van der Waals surface area contributed by atoms with Gasteiger partial charge in [-0.3, -0.25) is 13.9 Å². The standard InChI is InChI=1S/C19H26BrN3O3/c1-19(2,3)26-12-6-8-23(9-7-12)17(24)13-10-15-16(11-14(13)20)22(5)18(25)21(15)4/h10-12H,6-9H2,1-5H3. The van der Waals surface area contributed by atoms with E-state index in [1.165, 1.54) is 0 Å². The van der Waals surface area contributed by atoms with Crippen molar-refractivity contribution in [3.63, 3.8) is 0 Å². The lowest BCUT2D eigenvalue weighted by Crippen LogP contribution is -2.42. The van der Waals surface area contributed by atoms with E-state index in [-0.39, 0.29) is 23.3 Å². The van der Waals surface area contributed by atoms with E-state index in [1.54, 1.807) is 29.3 Å². The molecule has 0 spiro atoms. The molecule has 2 heterocycles. The average molecular weight is 424 g/mol. The molecule has 6 nitrogen and oxygen atoms in total. The number of halogens is 1. The zero-order valence-electron chi connectivity index (χ0n) is 16.0. The number of aromatic nitrogens is 2. The molecule has 1 fully saturated rings. The molecule has 2 aromatic rings. The molecule has 142 valence electrons. The number of benzene rings is 1. The monoisotopic (exact) mass is 423 g/mol. The van der Waals surface area contributed by atoms with Crippen molar-refractivity contribution in [3.8, 4) is 0 Å². The molecule has 0 saturated carbocycles. The molecule has 1 amide bonds. The number of hydrogen-bond donors (Lipinski definition) is 0. The lowest BCUT2D eigenvalue weighted by Gasteiger charge is -2.35. The second-order valence-corrected chi connectivity index (χ2v) is 8.80. The van der Waals surface area contributed by atoms with Gasteiger partial charge in [-0.05, 0) is 61.7 Å². The van der Waals surface area contributed by atoms with Crippen molar-refractivity contribution in [3.05, 3.63) is 32.7 Å². The van der Waals surface area contributed by atoms with Gasteiger partial charge in [0.05, 0.1) is 28.3 Å². The van der Waals surface area contributed by atoms with Crippen LogP contribution in [0.4, 0.5) is 0 Å².